The molecule has 0 radical (unpaired) electrons. The van der Waals surface area contributed by atoms with Crippen LogP contribution in [-0.4, -0.2) is 19.7 Å². The molecule has 0 saturated heterocycles. The Hall–Kier alpha value is -2.22. The predicted molar refractivity (Wildman–Crippen MR) is 63.5 cm³/mol. The first-order chi connectivity index (χ1) is 8.26. The van der Waals surface area contributed by atoms with Gasteiger partial charge < -0.3 is 15.4 Å². The number of methoxy groups -OCH3 is 1. The van der Waals surface area contributed by atoms with E-state index in [1.54, 1.807) is 7.11 Å². The molecule has 0 aliphatic rings. The van der Waals surface area contributed by atoms with Crippen molar-refractivity contribution in [3.8, 4) is 11.8 Å². The Labute approximate surface area is 100 Å². The summed E-state index contributed by atoms with van der Waals surface area (Å²) in [7, 11) is 1.60. The Morgan fingerprint density at radius 3 is 3.00 bits per heavy atom. The van der Waals surface area contributed by atoms with Crippen LogP contribution >= 0.6 is 0 Å². The van der Waals surface area contributed by atoms with Crippen molar-refractivity contribution in [1.29, 1.82) is 5.26 Å². The van der Waals surface area contributed by atoms with Gasteiger partial charge in [0.25, 0.3) is 0 Å². The molecule has 90 valence electrons. The summed E-state index contributed by atoms with van der Waals surface area (Å²) >= 11 is 0. The highest BCUT2D eigenvalue weighted by molar-refractivity contribution is 5.73. The molecule has 0 fully saturated rings. The van der Waals surface area contributed by atoms with Gasteiger partial charge in [0.15, 0.2) is 0 Å². The van der Waals surface area contributed by atoms with Crippen molar-refractivity contribution in [3.05, 3.63) is 29.8 Å². The molecule has 0 heterocycles. The molecule has 0 bridgehead atoms. The number of amides is 2. The topological polar surface area (TPSA) is 74.2 Å². The van der Waals surface area contributed by atoms with Gasteiger partial charge in [-0.2, -0.15) is 5.26 Å². The normalized spacial score (nSPS) is 9.18. The number of carbonyl (C=O) groups excluding carboxylic acids is 1. The zero-order valence-electron chi connectivity index (χ0n) is 9.69. The summed E-state index contributed by atoms with van der Waals surface area (Å²) < 4.78 is 5.08. The number of rotatable bonds is 5. The van der Waals surface area contributed by atoms with Gasteiger partial charge in [-0.25, -0.2) is 4.79 Å². The molecule has 0 saturated carbocycles. The number of benzene rings is 1. The molecule has 5 nitrogen and oxygen atoms in total. The second-order valence-electron chi connectivity index (χ2n) is 3.37. The second kappa shape index (κ2) is 7.12. The molecule has 2 N–H and O–H groups in total. The van der Waals surface area contributed by atoms with Gasteiger partial charge in [-0.3, -0.25) is 0 Å². The molecule has 0 atom stereocenters. The third kappa shape index (κ3) is 4.89. The van der Waals surface area contributed by atoms with Crippen LogP contribution in [0.15, 0.2) is 24.3 Å². The average Bonchev–Trinajstić information content (AvgIpc) is 2.37. The van der Waals surface area contributed by atoms with Crippen LogP contribution in [0.3, 0.4) is 0 Å². The molecule has 0 aliphatic heterocycles. The van der Waals surface area contributed by atoms with Crippen LogP contribution in [0.1, 0.15) is 12.0 Å². The van der Waals surface area contributed by atoms with Crippen molar-refractivity contribution >= 4 is 6.03 Å². The van der Waals surface area contributed by atoms with Crippen molar-refractivity contribution in [1.82, 2.24) is 10.6 Å². The Balaban J connectivity index is 2.34. The van der Waals surface area contributed by atoms with E-state index in [-0.39, 0.29) is 6.03 Å². The van der Waals surface area contributed by atoms with Gasteiger partial charge in [-0.1, -0.05) is 12.1 Å². The van der Waals surface area contributed by atoms with Crippen LogP contribution in [0.5, 0.6) is 5.75 Å². The van der Waals surface area contributed by atoms with Gasteiger partial charge in [-0.05, 0) is 17.7 Å². The lowest BCUT2D eigenvalue weighted by molar-refractivity contribution is 0.240. The lowest BCUT2D eigenvalue weighted by atomic mass is 10.2. The van der Waals surface area contributed by atoms with Crippen LogP contribution in [0.4, 0.5) is 4.79 Å². The Morgan fingerprint density at radius 1 is 1.47 bits per heavy atom. The van der Waals surface area contributed by atoms with Gasteiger partial charge in [0.2, 0.25) is 0 Å². The fourth-order valence-corrected chi connectivity index (χ4v) is 1.26. The molecule has 0 aromatic heterocycles. The summed E-state index contributed by atoms with van der Waals surface area (Å²) in [6, 6.07) is 9.14. The molecular formula is C12H15N3O2. The highest BCUT2D eigenvalue weighted by atomic mass is 16.5. The molecule has 5 heteroatoms. The van der Waals surface area contributed by atoms with Crippen molar-refractivity contribution in [2.24, 2.45) is 0 Å². The monoisotopic (exact) mass is 233 g/mol. The van der Waals surface area contributed by atoms with Crippen LogP contribution in [0.2, 0.25) is 0 Å². The van der Waals surface area contributed by atoms with E-state index in [4.69, 9.17) is 10.00 Å². The Morgan fingerprint density at radius 2 is 2.29 bits per heavy atom. The molecule has 2 amide bonds. The molecule has 0 spiro atoms. The highest BCUT2D eigenvalue weighted by Gasteiger charge is 2.00. The van der Waals surface area contributed by atoms with Crippen LogP contribution < -0.4 is 15.4 Å². The molecule has 0 unspecified atom stereocenters. The molecule has 0 aliphatic carbocycles. The van der Waals surface area contributed by atoms with E-state index in [1.165, 1.54) is 0 Å². The van der Waals surface area contributed by atoms with E-state index in [1.807, 2.05) is 30.3 Å². The maximum absolute atomic E-state index is 11.3. The van der Waals surface area contributed by atoms with Crippen LogP contribution in [0.25, 0.3) is 0 Å². The highest BCUT2D eigenvalue weighted by Crippen LogP contribution is 2.11. The third-order valence-electron chi connectivity index (χ3n) is 2.11. The number of nitriles is 1. The van der Waals surface area contributed by atoms with Gasteiger partial charge >= 0.3 is 6.03 Å². The van der Waals surface area contributed by atoms with E-state index in [9.17, 15) is 4.79 Å². The summed E-state index contributed by atoms with van der Waals surface area (Å²) in [6.45, 7) is 0.788. The molecule has 1 rings (SSSR count). The first kappa shape index (κ1) is 12.8. The van der Waals surface area contributed by atoms with Gasteiger partial charge in [0.05, 0.1) is 19.6 Å². The van der Waals surface area contributed by atoms with Gasteiger partial charge in [-0.15, -0.1) is 0 Å². The molecular weight excluding hydrogens is 218 g/mol. The number of carbonyl (C=O) groups is 1. The van der Waals surface area contributed by atoms with E-state index in [0.29, 0.717) is 19.5 Å². The number of hydrogen-bond donors (Lipinski definition) is 2. The maximum Gasteiger partial charge on any atom is 0.315 e. The predicted octanol–water partition coefficient (Wildman–Crippen LogP) is 1.41. The largest absolute Gasteiger partial charge is 0.497 e. The van der Waals surface area contributed by atoms with Crippen LogP contribution in [-0.2, 0) is 6.54 Å². The molecule has 1 aromatic carbocycles. The van der Waals surface area contributed by atoms with Crippen LogP contribution in [0, 0.1) is 11.3 Å². The first-order valence-electron chi connectivity index (χ1n) is 5.28. The van der Waals surface area contributed by atoms with E-state index in [0.717, 1.165) is 11.3 Å². The zero-order valence-corrected chi connectivity index (χ0v) is 9.69. The number of hydrogen-bond acceptors (Lipinski definition) is 3. The van der Waals surface area contributed by atoms with Gasteiger partial charge in [0.1, 0.15) is 5.75 Å². The zero-order chi connectivity index (χ0) is 12.5. The minimum absolute atomic E-state index is 0.275. The fourth-order valence-electron chi connectivity index (χ4n) is 1.26. The summed E-state index contributed by atoms with van der Waals surface area (Å²) in [5.74, 6) is 0.759. The van der Waals surface area contributed by atoms with E-state index < -0.39 is 0 Å². The number of ether oxygens (including phenoxy) is 1. The average molecular weight is 233 g/mol. The molecule has 17 heavy (non-hydrogen) atoms. The van der Waals surface area contributed by atoms with Gasteiger partial charge in [0, 0.05) is 13.1 Å². The summed E-state index contributed by atoms with van der Waals surface area (Å²) in [6.07, 6.45) is 0.312. The summed E-state index contributed by atoms with van der Waals surface area (Å²) in [4.78, 5) is 11.3. The van der Waals surface area contributed by atoms with Crippen molar-refractivity contribution in [2.45, 2.75) is 13.0 Å². The lowest BCUT2D eigenvalue weighted by Crippen LogP contribution is -2.35. The standard InChI is InChI=1S/C12H15N3O2/c1-17-11-5-2-4-10(8-11)9-15-12(16)14-7-3-6-13/h2,4-5,8H,3,7,9H2,1H3,(H2,14,15,16). The Kier molecular flexibility index (Phi) is 5.38. The second-order valence-corrected chi connectivity index (χ2v) is 3.37. The molecule has 1 aromatic rings. The van der Waals surface area contributed by atoms with Crippen molar-refractivity contribution in [3.63, 3.8) is 0 Å². The van der Waals surface area contributed by atoms with E-state index in [2.05, 4.69) is 10.6 Å². The van der Waals surface area contributed by atoms with Crippen molar-refractivity contribution in [2.75, 3.05) is 13.7 Å². The SMILES string of the molecule is COc1cccc(CNC(=O)NCCC#N)c1. The quantitative estimate of drug-likeness (QED) is 0.755. The smallest absolute Gasteiger partial charge is 0.315 e. The number of nitrogens with one attached hydrogen (secondary N) is 2. The minimum atomic E-state index is -0.275. The maximum atomic E-state index is 11.3. The first-order valence-corrected chi connectivity index (χ1v) is 5.28. The van der Waals surface area contributed by atoms with Crippen molar-refractivity contribution < 1.29 is 9.53 Å². The summed E-state index contributed by atoms with van der Waals surface area (Å²) in [5.41, 5.74) is 0.958. The number of nitrogens with zero attached hydrogens (tertiary/aromatic N) is 1. The summed E-state index contributed by atoms with van der Waals surface area (Å²) in [5, 5.41) is 13.6. The van der Waals surface area contributed by atoms with E-state index >= 15 is 0 Å². The Bertz CT molecular complexity index is 412. The fraction of sp³-hybridized carbons (Fsp3) is 0.333. The number of urea groups is 1. The minimum Gasteiger partial charge on any atom is -0.497 e. The third-order valence-corrected chi connectivity index (χ3v) is 2.11. The lowest BCUT2D eigenvalue weighted by Gasteiger charge is -2.07.